The maximum Gasteiger partial charge on any atom is 0.0928 e. The summed E-state index contributed by atoms with van der Waals surface area (Å²) >= 11 is 0. The van der Waals surface area contributed by atoms with Crippen molar-refractivity contribution in [2.45, 2.75) is 38.4 Å². The lowest BCUT2D eigenvalue weighted by Gasteiger charge is -2.47. The molecule has 0 aromatic carbocycles. The molecule has 2 fully saturated rings. The van der Waals surface area contributed by atoms with Gasteiger partial charge in [-0.2, -0.15) is 0 Å². The largest absolute Gasteiger partial charge is 0.387 e. The van der Waals surface area contributed by atoms with Gasteiger partial charge in [-0.25, -0.2) is 0 Å². The summed E-state index contributed by atoms with van der Waals surface area (Å²) in [7, 11) is 0. The molecule has 3 nitrogen and oxygen atoms in total. The molecule has 14 heavy (non-hydrogen) atoms. The highest BCUT2D eigenvalue weighted by Crippen LogP contribution is 2.44. The van der Waals surface area contributed by atoms with Gasteiger partial charge < -0.3 is 9.84 Å². The maximum atomic E-state index is 10.0. The molecule has 1 saturated carbocycles. The van der Waals surface area contributed by atoms with Crippen LogP contribution in [0.1, 0.15) is 26.7 Å². The van der Waals surface area contributed by atoms with E-state index in [2.05, 4.69) is 18.7 Å². The van der Waals surface area contributed by atoms with Crippen molar-refractivity contribution in [1.29, 1.82) is 0 Å². The van der Waals surface area contributed by atoms with Crippen LogP contribution in [0.4, 0.5) is 0 Å². The number of hydrogen-bond donors (Lipinski definition) is 1. The molecule has 0 aromatic heterocycles. The van der Waals surface area contributed by atoms with Crippen LogP contribution in [-0.2, 0) is 4.74 Å². The third kappa shape index (κ3) is 2.27. The first kappa shape index (κ1) is 10.4. The molecule has 0 amide bonds. The summed E-state index contributed by atoms with van der Waals surface area (Å²) in [5.41, 5.74) is -0.335. The average Bonchev–Trinajstić information content (AvgIpc) is 2.82. The number of hydrogen-bond acceptors (Lipinski definition) is 3. The second kappa shape index (κ2) is 3.80. The maximum absolute atomic E-state index is 10.0. The fraction of sp³-hybridized carbons (Fsp3) is 1.00. The molecule has 0 atom stereocenters. The predicted molar refractivity (Wildman–Crippen MR) is 55.2 cm³/mol. The van der Waals surface area contributed by atoms with Crippen LogP contribution in [0.2, 0.25) is 0 Å². The Labute approximate surface area is 86.0 Å². The zero-order chi connectivity index (χ0) is 10.2. The Morgan fingerprint density at radius 3 is 2.57 bits per heavy atom. The van der Waals surface area contributed by atoms with Crippen LogP contribution < -0.4 is 0 Å². The first-order valence-electron chi connectivity index (χ1n) is 5.66. The molecule has 0 spiro atoms. The number of nitrogens with zero attached hydrogens (tertiary/aromatic N) is 1. The van der Waals surface area contributed by atoms with Crippen LogP contribution in [0.3, 0.4) is 0 Å². The van der Waals surface area contributed by atoms with Gasteiger partial charge in [0.1, 0.15) is 0 Å². The van der Waals surface area contributed by atoms with E-state index in [1.165, 1.54) is 12.8 Å². The fourth-order valence-corrected chi connectivity index (χ4v) is 2.18. The van der Waals surface area contributed by atoms with Gasteiger partial charge in [-0.15, -0.1) is 0 Å². The molecule has 2 rings (SSSR count). The van der Waals surface area contributed by atoms with Crippen LogP contribution in [0.25, 0.3) is 0 Å². The Bertz CT molecular complexity index is 195. The minimum atomic E-state index is -0.335. The molecule has 2 aliphatic rings. The standard InChI is InChI=1S/C11H21NO2/c1-9(2)14-6-5-12-7-11(13,8-12)10-3-4-10/h9-10,13H,3-8H2,1-2H3. The topological polar surface area (TPSA) is 32.7 Å². The molecule has 1 aliphatic carbocycles. The minimum absolute atomic E-state index is 0.318. The van der Waals surface area contributed by atoms with Crippen molar-refractivity contribution < 1.29 is 9.84 Å². The highest BCUT2D eigenvalue weighted by Gasteiger charge is 2.51. The lowest BCUT2D eigenvalue weighted by Crippen LogP contribution is -2.63. The van der Waals surface area contributed by atoms with Gasteiger partial charge in [0.05, 0.1) is 18.3 Å². The molecule has 0 unspecified atom stereocenters. The molecule has 3 heteroatoms. The van der Waals surface area contributed by atoms with Crippen molar-refractivity contribution in [3.8, 4) is 0 Å². The summed E-state index contributed by atoms with van der Waals surface area (Å²) in [5, 5.41) is 10.0. The Balaban J connectivity index is 1.58. The zero-order valence-corrected chi connectivity index (χ0v) is 9.20. The van der Waals surface area contributed by atoms with Crippen molar-refractivity contribution >= 4 is 0 Å². The molecule has 1 saturated heterocycles. The average molecular weight is 199 g/mol. The van der Waals surface area contributed by atoms with Gasteiger partial charge in [-0.1, -0.05) is 0 Å². The van der Waals surface area contributed by atoms with Crippen LogP contribution in [0.5, 0.6) is 0 Å². The number of β-amino-alcohol motifs (C(OH)–C–C–N with tert-alkyl or cyclic N) is 1. The Morgan fingerprint density at radius 1 is 1.43 bits per heavy atom. The number of likely N-dealkylation sites (tertiary alicyclic amines) is 1. The lowest BCUT2D eigenvalue weighted by atomic mass is 9.89. The van der Waals surface area contributed by atoms with Gasteiger partial charge in [-0.3, -0.25) is 4.90 Å². The molecule has 1 N–H and O–H groups in total. The van der Waals surface area contributed by atoms with Gasteiger partial charge in [-0.05, 0) is 32.6 Å². The molecular weight excluding hydrogens is 178 g/mol. The van der Waals surface area contributed by atoms with Crippen molar-refractivity contribution in [1.82, 2.24) is 4.90 Å². The molecule has 0 bridgehead atoms. The summed E-state index contributed by atoms with van der Waals surface area (Å²) in [6, 6.07) is 0. The molecule has 0 radical (unpaired) electrons. The second-order valence-corrected chi connectivity index (χ2v) is 5.01. The van der Waals surface area contributed by atoms with E-state index in [-0.39, 0.29) is 5.60 Å². The summed E-state index contributed by atoms with van der Waals surface area (Å²) < 4.78 is 5.47. The van der Waals surface area contributed by atoms with Gasteiger partial charge in [0.2, 0.25) is 0 Å². The van der Waals surface area contributed by atoms with Crippen LogP contribution in [0, 0.1) is 5.92 Å². The van der Waals surface area contributed by atoms with Crippen LogP contribution in [-0.4, -0.2) is 48.0 Å². The first-order chi connectivity index (χ1) is 6.60. The first-order valence-corrected chi connectivity index (χ1v) is 5.66. The normalized spacial score (nSPS) is 26.6. The number of rotatable bonds is 5. The third-order valence-corrected chi connectivity index (χ3v) is 3.19. The predicted octanol–water partition coefficient (Wildman–Crippen LogP) is 0.868. The minimum Gasteiger partial charge on any atom is -0.387 e. The monoisotopic (exact) mass is 199 g/mol. The zero-order valence-electron chi connectivity index (χ0n) is 9.20. The SMILES string of the molecule is CC(C)OCCN1CC(O)(C2CC2)C1. The molecule has 82 valence electrons. The Morgan fingerprint density at radius 2 is 2.07 bits per heavy atom. The van der Waals surface area contributed by atoms with E-state index in [4.69, 9.17) is 4.74 Å². The van der Waals surface area contributed by atoms with Crippen LogP contribution in [0.15, 0.2) is 0 Å². The van der Waals surface area contributed by atoms with Crippen LogP contribution >= 0.6 is 0 Å². The molecular formula is C11H21NO2. The third-order valence-electron chi connectivity index (χ3n) is 3.19. The summed E-state index contributed by atoms with van der Waals surface area (Å²) in [4.78, 5) is 2.28. The van der Waals surface area contributed by atoms with Gasteiger partial charge in [0.15, 0.2) is 0 Å². The van der Waals surface area contributed by atoms with Gasteiger partial charge in [0.25, 0.3) is 0 Å². The van der Waals surface area contributed by atoms with E-state index >= 15 is 0 Å². The Hall–Kier alpha value is -0.120. The summed E-state index contributed by atoms with van der Waals surface area (Å²) in [6.07, 6.45) is 2.78. The number of ether oxygens (including phenoxy) is 1. The van der Waals surface area contributed by atoms with E-state index in [1.54, 1.807) is 0 Å². The van der Waals surface area contributed by atoms with Gasteiger partial charge in [0, 0.05) is 19.6 Å². The summed E-state index contributed by atoms with van der Waals surface area (Å²) in [5.74, 6) is 0.602. The van der Waals surface area contributed by atoms with Crippen molar-refractivity contribution in [3.05, 3.63) is 0 Å². The van der Waals surface area contributed by atoms with Crippen molar-refractivity contribution in [2.75, 3.05) is 26.2 Å². The van der Waals surface area contributed by atoms with Crippen molar-refractivity contribution in [3.63, 3.8) is 0 Å². The quantitative estimate of drug-likeness (QED) is 0.713. The van der Waals surface area contributed by atoms with E-state index in [0.717, 1.165) is 26.2 Å². The van der Waals surface area contributed by atoms with E-state index in [1.807, 2.05) is 0 Å². The van der Waals surface area contributed by atoms with Crippen molar-refractivity contribution in [2.24, 2.45) is 5.92 Å². The van der Waals surface area contributed by atoms with E-state index in [0.29, 0.717) is 12.0 Å². The van der Waals surface area contributed by atoms with Gasteiger partial charge >= 0.3 is 0 Å². The Kier molecular flexibility index (Phi) is 2.82. The molecule has 0 aromatic rings. The molecule has 1 aliphatic heterocycles. The second-order valence-electron chi connectivity index (χ2n) is 5.01. The summed E-state index contributed by atoms with van der Waals surface area (Å²) in [6.45, 7) is 7.58. The number of aliphatic hydroxyl groups is 1. The molecule has 1 heterocycles. The van der Waals surface area contributed by atoms with E-state index in [9.17, 15) is 5.11 Å². The highest BCUT2D eigenvalue weighted by molar-refractivity contribution is 5.05. The van der Waals surface area contributed by atoms with E-state index < -0.39 is 0 Å². The fourth-order valence-electron chi connectivity index (χ4n) is 2.18. The lowest BCUT2D eigenvalue weighted by molar-refractivity contribution is -0.119. The smallest absolute Gasteiger partial charge is 0.0928 e. The highest BCUT2D eigenvalue weighted by atomic mass is 16.5.